The van der Waals surface area contributed by atoms with Crippen molar-refractivity contribution in [2.45, 2.75) is 25.9 Å². The molecule has 0 radical (unpaired) electrons. The van der Waals surface area contributed by atoms with E-state index in [2.05, 4.69) is 10.6 Å². The van der Waals surface area contributed by atoms with Crippen molar-refractivity contribution in [3.63, 3.8) is 0 Å². The molecule has 1 atom stereocenters. The summed E-state index contributed by atoms with van der Waals surface area (Å²) >= 11 is 1.64. The Labute approximate surface area is 164 Å². The third-order valence-electron chi connectivity index (χ3n) is 4.09. The minimum absolute atomic E-state index is 0.120. The van der Waals surface area contributed by atoms with Gasteiger partial charge in [-0.05, 0) is 48.6 Å². The molecule has 2 aromatic carbocycles. The molecule has 0 unspecified atom stereocenters. The van der Waals surface area contributed by atoms with E-state index in [4.69, 9.17) is 4.74 Å². The molecule has 6 heteroatoms. The zero-order valence-electron chi connectivity index (χ0n) is 15.7. The Kier molecular flexibility index (Phi) is 8.71. The minimum atomic E-state index is -0.576. The zero-order chi connectivity index (χ0) is 19.5. The lowest BCUT2D eigenvalue weighted by Gasteiger charge is -2.19. The summed E-state index contributed by atoms with van der Waals surface area (Å²) in [6, 6.07) is 16.5. The van der Waals surface area contributed by atoms with Crippen LogP contribution < -0.4 is 15.4 Å². The maximum atomic E-state index is 12.6. The third kappa shape index (κ3) is 7.35. The topological polar surface area (TPSA) is 67.4 Å². The van der Waals surface area contributed by atoms with Gasteiger partial charge < -0.3 is 15.4 Å². The number of ether oxygens (including phenoxy) is 1. The van der Waals surface area contributed by atoms with Gasteiger partial charge in [0.05, 0.1) is 0 Å². The number of para-hydroxylation sites is 1. The van der Waals surface area contributed by atoms with Crippen molar-refractivity contribution in [3.05, 3.63) is 65.7 Å². The average Bonchev–Trinajstić information content (AvgIpc) is 2.69. The molecular weight excluding hydrogens is 360 g/mol. The van der Waals surface area contributed by atoms with Gasteiger partial charge in [0, 0.05) is 6.54 Å². The summed E-state index contributed by atoms with van der Waals surface area (Å²) in [5, 5.41) is 5.71. The first-order valence-corrected chi connectivity index (χ1v) is 10.3. The van der Waals surface area contributed by atoms with Crippen molar-refractivity contribution < 1.29 is 14.3 Å². The molecule has 27 heavy (non-hydrogen) atoms. The number of benzene rings is 2. The number of hydrogen-bond donors (Lipinski definition) is 2. The van der Waals surface area contributed by atoms with Crippen LogP contribution in [0.1, 0.15) is 17.5 Å². The fourth-order valence-corrected chi connectivity index (χ4v) is 2.99. The molecular formula is C21H26N2O3S. The van der Waals surface area contributed by atoms with Crippen LogP contribution in [0.2, 0.25) is 0 Å². The van der Waals surface area contributed by atoms with Crippen LogP contribution in [0.15, 0.2) is 54.6 Å². The summed E-state index contributed by atoms with van der Waals surface area (Å²) in [5.41, 5.74) is 2.19. The molecule has 0 aliphatic rings. The predicted molar refractivity (Wildman–Crippen MR) is 110 cm³/mol. The smallest absolute Gasteiger partial charge is 0.258 e. The summed E-state index contributed by atoms with van der Waals surface area (Å²) < 4.78 is 5.45. The summed E-state index contributed by atoms with van der Waals surface area (Å²) in [6.45, 7) is 2.33. The first-order valence-electron chi connectivity index (χ1n) is 8.88. The van der Waals surface area contributed by atoms with Crippen molar-refractivity contribution in [1.82, 2.24) is 10.6 Å². The van der Waals surface area contributed by atoms with Crippen molar-refractivity contribution >= 4 is 23.6 Å². The van der Waals surface area contributed by atoms with E-state index < -0.39 is 6.04 Å². The number of thioether (sulfide) groups is 1. The Morgan fingerprint density at radius 3 is 2.48 bits per heavy atom. The van der Waals surface area contributed by atoms with Crippen LogP contribution in [0.25, 0.3) is 0 Å². The zero-order valence-corrected chi connectivity index (χ0v) is 16.6. The quantitative estimate of drug-likeness (QED) is 0.659. The van der Waals surface area contributed by atoms with Crippen molar-refractivity contribution in [2.75, 3.05) is 18.6 Å². The van der Waals surface area contributed by atoms with E-state index in [9.17, 15) is 9.59 Å². The largest absolute Gasteiger partial charge is 0.484 e. The molecule has 2 rings (SSSR count). The van der Waals surface area contributed by atoms with Gasteiger partial charge in [-0.2, -0.15) is 11.8 Å². The predicted octanol–water partition coefficient (Wildman–Crippen LogP) is 2.93. The van der Waals surface area contributed by atoms with Crippen molar-refractivity contribution in [1.29, 1.82) is 0 Å². The lowest BCUT2D eigenvalue weighted by molar-refractivity contribution is -0.130. The van der Waals surface area contributed by atoms with Crippen LogP contribution in [-0.2, 0) is 16.1 Å². The molecule has 0 bridgehead atoms. The highest BCUT2D eigenvalue weighted by molar-refractivity contribution is 7.98. The van der Waals surface area contributed by atoms with E-state index in [0.29, 0.717) is 18.7 Å². The van der Waals surface area contributed by atoms with Gasteiger partial charge in [-0.25, -0.2) is 0 Å². The number of nitrogens with one attached hydrogen (secondary N) is 2. The van der Waals surface area contributed by atoms with Gasteiger partial charge in [0.25, 0.3) is 5.91 Å². The van der Waals surface area contributed by atoms with Crippen LogP contribution in [0, 0.1) is 6.92 Å². The van der Waals surface area contributed by atoms with Gasteiger partial charge >= 0.3 is 0 Å². The average molecular weight is 387 g/mol. The van der Waals surface area contributed by atoms with Gasteiger partial charge in [0.15, 0.2) is 6.61 Å². The highest BCUT2D eigenvalue weighted by atomic mass is 32.2. The first-order chi connectivity index (χ1) is 13.1. The van der Waals surface area contributed by atoms with E-state index in [1.54, 1.807) is 23.9 Å². The first kappa shape index (κ1) is 20.8. The monoisotopic (exact) mass is 386 g/mol. The van der Waals surface area contributed by atoms with Crippen molar-refractivity contribution in [3.8, 4) is 5.75 Å². The van der Waals surface area contributed by atoms with E-state index in [-0.39, 0.29) is 18.4 Å². The lowest BCUT2D eigenvalue weighted by atomic mass is 10.1. The third-order valence-corrected chi connectivity index (χ3v) is 4.73. The molecule has 0 aromatic heterocycles. The Bertz CT molecular complexity index is 737. The standard InChI is InChI=1S/C21H26N2O3S/c1-16-8-6-7-9-17(16)14-22-21(25)19(12-13-27-2)23-20(24)15-26-18-10-4-3-5-11-18/h3-11,19H,12-15H2,1-2H3,(H,22,25)(H,23,24)/t19-/m1/s1. The maximum Gasteiger partial charge on any atom is 0.258 e. The van der Waals surface area contributed by atoms with Gasteiger partial charge in [0.1, 0.15) is 11.8 Å². The van der Waals surface area contributed by atoms with Crippen molar-refractivity contribution in [2.24, 2.45) is 0 Å². The Morgan fingerprint density at radius 1 is 1.07 bits per heavy atom. The second kappa shape index (κ2) is 11.3. The minimum Gasteiger partial charge on any atom is -0.484 e. The van der Waals surface area contributed by atoms with Gasteiger partial charge in [0.2, 0.25) is 5.91 Å². The summed E-state index contributed by atoms with van der Waals surface area (Å²) in [7, 11) is 0. The second-order valence-electron chi connectivity index (χ2n) is 6.15. The fourth-order valence-electron chi connectivity index (χ4n) is 2.52. The molecule has 0 heterocycles. The Balaban J connectivity index is 1.87. The van der Waals surface area contributed by atoms with Gasteiger partial charge in [-0.3, -0.25) is 9.59 Å². The number of hydrogen-bond acceptors (Lipinski definition) is 4. The molecule has 0 fully saturated rings. The summed E-state index contributed by atoms with van der Waals surface area (Å²) in [6.07, 6.45) is 2.54. The molecule has 2 aromatic rings. The van der Waals surface area contributed by atoms with E-state index >= 15 is 0 Å². The normalized spacial score (nSPS) is 11.5. The second-order valence-corrected chi connectivity index (χ2v) is 7.13. The SMILES string of the molecule is CSCC[C@@H](NC(=O)COc1ccccc1)C(=O)NCc1ccccc1C. The molecule has 5 nitrogen and oxygen atoms in total. The molecule has 144 valence electrons. The molecule has 0 spiro atoms. The van der Waals surface area contributed by atoms with Gasteiger partial charge in [-0.1, -0.05) is 42.5 Å². The van der Waals surface area contributed by atoms with Crippen LogP contribution in [0.3, 0.4) is 0 Å². The number of amides is 2. The van der Waals surface area contributed by atoms with Crippen LogP contribution in [0.4, 0.5) is 0 Å². The highest BCUT2D eigenvalue weighted by Gasteiger charge is 2.20. The molecule has 0 aliphatic carbocycles. The van der Waals surface area contributed by atoms with Crippen LogP contribution >= 0.6 is 11.8 Å². The van der Waals surface area contributed by atoms with Crippen LogP contribution in [-0.4, -0.2) is 36.5 Å². The highest BCUT2D eigenvalue weighted by Crippen LogP contribution is 2.09. The fraction of sp³-hybridized carbons (Fsp3) is 0.333. The molecule has 2 amide bonds. The lowest BCUT2D eigenvalue weighted by Crippen LogP contribution is -2.48. The van der Waals surface area contributed by atoms with Gasteiger partial charge in [-0.15, -0.1) is 0 Å². The number of rotatable bonds is 10. The molecule has 0 saturated heterocycles. The number of aryl methyl sites for hydroxylation is 1. The maximum absolute atomic E-state index is 12.6. The molecule has 2 N–H and O–H groups in total. The van der Waals surface area contributed by atoms with E-state index in [1.165, 1.54) is 0 Å². The van der Waals surface area contributed by atoms with Crippen LogP contribution in [0.5, 0.6) is 5.75 Å². The summed E-state index contributed by atoms with van der Waals surface area (Å²) in [4.78, 5) is 24.8. The van der Waals surface area contributed by atoms with E-state index in [0.717, 1.165) is 16.9 Å². The summed E-state index contributed by atoms with van der Waals surface area (Å²) in [5.74, 6) is 0.913. The molecule has 0 aliphatic heterocycles. The number of carbonyl (C=O) groups excluding carboxylic acids is 2. The van der Waals surface area contributed by atoms with E-state index in [1.807, 2.05) is 55.6 Å². The Hall–Kier alpha value is -2.47. The Morgan fingerprint density at radius 2 is 1.78 bits per heavy atom. The number of carbonyl (C=O) groups is 2. The molecule has 0 saturated carbocycles.